The summed E-state index contributed by atoms with van der Waals surface area (Å²) in [6.45, 7) is 0. The van der Waals surface area contributed by atoms with Gasteiger partial charge in [-0.2, -0.15) is 11.3 Å². The van der Waals surface area contributed by atoms with E-state index in [2.05, 4.69) is 15.9 Å². The molecule has 0 aliphatic rings. The molecule has 1 heterocycles. The van der Waals surface area contributed by atoms with E-state index in [1.165, 1.54) is 5.98 Å². The summed E-state index contributed by atoms with van der Waals surface area (Å²) in [5.74, 6) is 1.31. The molecule has 0 saturated carbocycles. The summed E-state index contributed by atoms with van der Waals surface area (Å²) in [4.78, 5) is 0. The largest absolute Gasteiger partial charge is 0.480 e. The normalized spacial score (nSPS) is 10.8. The van der Waals surface area contributed by atoms with E-state index in [4.69, 9.17) is 10.0 Å². The van der Waals surface area contributed by atoms with Crippen molar-refractivity contribution in [3.05, 3.63) is 26.8 Å². The van der Waals surface area contributed by atoms with Gasteiger partial charge in [0.15, 0.2) is 0 Å². The number of thiophene rings is 1. The molecule has 0 spiro atoms. The lowest BCUT2D eigenvalue weighted by Crippen LogP contribution is -2.05. The maximum atomic E-state index is 8.50. The van der Waals surface area contributed by atoms with Crippen molar-refractivity contribution >= 4 is 40.5 Å². The van der Waals surface area contributed by atoms with Crippen LogP contribution in [0.3, 0.4) is 0 Å². The summed E-state index contributed by atoms with van der Waals surface area (Å²) in [6.07, 6.45) is 1.66. The Morgan fingerprint density at radius 3 is 2.64 bits per heavy atom. The maximum absolute atomic E-state index is 8.50. The van der Waals surface area contributed by atoms with Crippen molar-refractivity contribution in [2.45, 2.75) is 0 Å². The van der Waals surface area contributed by atoms with Gasteiger partial charge in [0.25, 0.3) is 0 Å². The monoisotopic (exact) mass is 232 g/mol. The van der Waals surface area contributed by atoms with Crippen LogP contribution >= 0.6 is 27.3 Å². The predicted octanol–water partition coefficient (Wildman–Crippen LogP) is 1.54. The molecule has 0 bridgehead atoms. The molecule has 2 nitrogen and oxygen atoms in total. The zero-order valence-electron chi connectivity index (χ0n) is 5.57. The molecule has 0 amide bonds. The molecule has 5 heteroatoms. The van der Waals surface area contributed by atoms with Gasteiger partial charge in [-0.05, 0) is 26.9 Å². The Morgan fingerprint density at radius 1 is 1.45 bits per heavy atom. The lowest BCUT2D eigenvalue weighted by Gasteiger charge is -1.87. The smallest absolute Gasteiger partial charge is 0.424 e. The van der Waals surface area contributed by atoms with Crippen molar-refractivity contribution in [3.8, 4) is 0 Å². The van der Waals surface area contributed by atoms with Crippen LogP contribution in [0.5, 0.6) is 0 Å². The van der Waals surface area contributed by atoms with E-state index in [1.54, 1.807) is 17.4 Å². The fourth-order valence-electron chi connectivity index (χ4n) is 0.600. The minimum atomic E-state index is -1.37. The lowest BCUT2D eigenvalue weighted by atomic mass is 9.91. The van der Waals surface area contributed by atoms with Crippen molar-refractivity contribution in [2.24, 2.45) is 0 Å². The van der Waals surface area contributed by atoms with Crippen LogP contribution in [-0.2, 0) is 0 Å². The van der Waals surface area contributed by atoms with Gasteiger partial charge in [0, 0.05) is 9.85 Å². The molecule has 1 aromatic rings. The molecule has 1 aromatic heterocycles. The van der Waals surface area contributed by atoms with Gasteiger partial charge in [-0.1, -0.05) is 12.1 Å². The van der Waals surface area contributed by atoms with Gasteiger partial charge in [0.05, 0.1) is 0 Å². The minimum Gasteiger partial charge on any atom is -0.424 e. The van der Waals surface area contributed by atoms with Gasteiger partial charge >= 0.3 is 7.12 Å². The minimum absolute atomic E-state index is 0.961. The standard InChI is InChI=1S/C6H6BBrO2S/c8-6-4-11-3-5(6)1-2-7(9)10/h1-4,9-10H/b2-1+. The third-order valence-electron chi connectivity index (χ3n) is 1.09. The molecule has 0 aliphatic carbocycles. The van der Waals surface area contributed by atoms with E-state index in [1.807, 2.05) is 10.8 Å². The van der Waals surface area contributed by atoms with Gasteiger partial charge in [0.2, 0.25) is 0 Å². The van der Waals surface area contributed by atoms with Crippen LogP contribution in [0.1, 0.15) is 5.56 Å². The molecule has 11 heavy (non-hydrogen) atoms. The summed E-state index contributed by atoms with van der Waals surface area (Å²) >= 11 is 4.87. The fourth-order valence-corrected chi connectivity index (χ4v) is 2.00. The van der Waals surface area contributed by atoms with E-state index < -0.39 is 7.12 Å². The highest BCUT2D eigenvalue weighted by Gasteiger charge is 2.00. The van der Waals surface area contributed by atoms with Crippen molar-refractivity contribution in [1.29, 1.82) is 0 Å². The Kier molecular flexibility index (Phi) is 3.32. The summed E-state index contributed by atoms with van der Waals surface area (Å²) < 4.78 is 0.972. The van der Waals surface area contributed by atoms with Crippen molar-refractivity contribution in [1.82, 2.24) is 0 Å². The molecule has 2 N–H and O–H groups in total. The van der Waals surface area contributed by atoms with E-state index in [9.17, 15) is 0 Å². The van der Waals surface area contributed by atoms with Crippen LogP contribution in [0.2, 0.25) is 0 Å². The number of hydrogen-bond donors (Lipinski definition) is 2. The molecule has 0 saturated heterocycles. The summed E-state index contributed by atoms with van der Waals surface area (Å²) in [6, 6.07) is 0. The van der Waals surface area contributed by atoms with Crippen LogP contribution in [0.15, 0.2) is 21.2 Å². The topological polar surface area (TPSA) is 40.5 Å². The highest BCUT2D eigenvalue weighted by molar-refractivity contribution is 9.10. The van der Waals surface area contributed by atoms with E-state index in [0.29, 0.717) is 0 Å². The van der Waals surface area contributed by atoms with E-state index in [-0.39, 0.29) is 0 Å². The van der Waals surface area contributed by atoms with Crippen LogP contribution in [-0.4, -0.2) is 17.2 Å². The molecule has 1 rings (SSSR count). The third kappa shape index (κ3) is 2.79. The molecule has 0 radical (unpaired) electrons. The zero-order valence-corrected chi connectivity index (χ0v) is 7.97. The molecule has 0 aliphatic heterocycles. The second-order valence-electron chi connectivity index (χ2n) is 1.95. The molecular weight excluding hydrogens is 227 g/mol. The first kappa shape index (κ1) is 9.00. The van der Waals surface area contributed by atoms with Crippen LogP contribution in [0.4, 0.5) is 0 Å². The summed E-state index contributed by atoms with van der Waals surface area (Å²) in [7, 11) is -1.37. The molecular formula is C6H6BBrO2S. The maximum Gasteiger partial charge on any atom is 0.480 e. The Balaban J connectivity index is 2.71. The van der Waals surface area contributed by atoms with Crippen molar-refractivity contribution in [2.75, 3.05) is 0 Å². The first-order chi connectivity index (χ1) is 5.20. The Morgan fingerprint density at radius 2 is 2.18 bits per heavy atom. The van der Waals surface area contributed by atoms with E-state index >= 15 is 0 Å². The summed E-state index contributed by atoms with van der Waals surface area (Å²) in [5, 5.41) is 20.9. The molecule has 0 fully saturated rings. The Bertz CT molecular complexity index is 259. The predicted molar refractivity (Wildman–Crippen MR) is 51.2 cm³/mol. The van der Waals surface area contributed by atoms with Crippen molar-refractivity contribution < 1.29 is 10.0 Å². The van der Waals surface area contributed by atoms with Gasteiger partial charge in [0.1, 0.15) is 0 Å². The lowest BCUT2D eigenvalue weighted by molar-refractivity contribution is 0.424. The van der Waals surface area contributed by atoms with Crippen LogP contribution < -0.4 is 0 Å². The third-order valence-corrected chi connectivity index (χ3v) is 2.84. The molecule has 0 aromatic carbocycles. The van der Waals surface area contributed by atoms with Crippen molar-refractivity contribution in [3.63, 3.8) is 0 Å². The summed E-state index contributed by atoms with van der Waals surface area (Å²) in [5.41, 5.74) is 0.961. The van der Waals surface area contributed by atoms with Gasteiger partial charge < -0.3 is 10.0 Å². The fraction of sp³-hybridized carbons (Fsp3) is 0. The molecule has 58 valence electrons. The Labute approximate surface area is 77.5 Å². The average molecular weight is 233 g/mol. The first-order valence-corrected chi connectivity index (χ1v) is 4.70. The quantitative estimate of drug-likeness (QED) is 0.760. The number of hydrogen-bond acceptors (Lipinski definition) is 3. The highest BCUT2D eigenvalue weighted by atomic mass is 79.9. The highest BCUT2D eigenvalue weighted by Crippen LogP contribution is 2.22. The molecule has 0 unspecified atom stereocenters. The number of rotatable bonds is 2. The first-order valence-electron chi connectivity index (χ1n) is 2.96. The van der Waals surface area contributed by atoms with Crippen LogP contribution in [0.25, 0.3) is 6.08 Å². The van der Waals surface area contributed by atoms with Crippen LogP contribution in [0, 0.1) is 0 Å². The van der Waals surface area contributed by atoms with Gasteiger partial charge in [-0.25, -0.2) is 0 Å². The zero-order chi connectivity index (χ0) is 8.27. The van der Waals surface area contributed by atoms with Gasteiger partial charge in [-0.15, -0.1) is 0 Å². The Hall–Kier alpha value is -0.0951. The van der Waals surface area contributed by atoms with Gasteiger partial charge in [-0.3, -0.25) is 0 Å². The second-order valence-corrected chi connectivity index (χ2v) is 3.55. The number of halogens is 1. The van der Waals surface area contributed by atoms with E-state index in [0.717, 1.165) is 10.0 Å². The molecule has 0 atom stereocenters. The average Bonchev–Trinajstić information content (AvgIpc) is 2.31. The SMILES string of the molecule is OB(O)/C=C/c1cscc1Br. The second kappa shape index (κ2) is 4.06.